The number of nitrogens with one attached hydrogen (secondary N) is 2. The van der Waals surface area contributed by atoms with E-state index in [1.807, 2.05) is 31.2 Å². The number of thioether (sulfide) groups is 1. The van der Waals surface area contributed by atoms with E-state index in [0.29, 0.717) is 26.9 Å². The van der Waals surface area contributed by atoms with Gasteiger partial charge in [-0.15, -0.1) is 0 Å². The fourth-order valence-electron chi connectivity index (χ4n) is 3.85. The third-order valence-corrected chi connectivity index (χ3v) is 7.23. The Morgan fingerprint density at radius 3 is 2.05 bits per heavy atom. The van der Waals surface area contributed by atoms with Gasteiger partial charge in [0.05, 0.1) is 5.69 Å². The maximum atomic E-state index is 13.5. The van der Waals surface area contributed by atoms with Crippen LogP contribution in [0.1, 0.15) is 15.9 Å². The molecular formula is C30H21ClFN3O3S. The highest BCUT2D eigenvalue weighted by Gasteiger charge is 2.40. The first-order valence-corrected chi connectivity index (χ1v) is 13.0. The van der Waals surface area contributed by atoms with E-state index in [-0.39, 0.29) is 22.2 Å². The summed E-state index contributed by atoms with van der Waals surface area (Å²) in [5.41, 5.74) is 3.12. The van der Waals surface area contributed by atoms with Crippen molar-refractivity contribution in [2.75, 3.05) is 15.5 Å². The zero-order valence-electron chi connectivity index (χ0n) is 20.6. The number of benzene rings is 4. The lowest BCUT2D eigenvalue weighted by atomic mass is 10.2. The molecule has 0 spiro atoms. The summed E-state index contributed by atoms with van der Waals surface area (Å²) in [6, 6.07) is 26.1. The second-order valence-electron chi connectivity index (χ2n) is 8.70. The average molecular weight is 558 g/mol. The van der Waals surface area contributed by atoms with E-state index in [1.165, 1.54) is 24.3 Å². The Labute approximate surface area is 233 Å². The van der Waals surface area contributed by atoms with Crippen molar-refractivity contribution in [3.63, 3.8) is 0 Å². The summed E-state index contributed by atoms with van der Waals surface area (Å²) in [5.74, 6) is -1.82. The van der Waals surface area contributed by atoms with Crippen LogP contribution >= 0.6 is 23.4 Å². The van der Waals surface area contributed by atoms with Crippen molar-refractivity contribution >= 4 is 58.1 Å². The maximum Gasteiger partial charge on any atom is 0.283 e. The van der Waals surface area contributed by atoms with Gasteiger partial charge < -0.3 is 10.6 Å². The van der Waals surface area contributed by atoms with E-state index in [4.69, 9.17) is 11.6 Å². The molecule has 1 aliphatic rings. The molecule has 3 amide bonds. The van der Waals surface area contributed by atoms with Crippen molar-refractivity contribution in [1.29, 1.82) is 0 Å². The lowest BCUT2D eigenvalue weighted by Gasteiger charge is -2.15. The second kappa shape index (κ2) is 11.1. The van der Waals surface area contributed by atoms with Gasteiger partial charge in [-0.3, -0.25) is 14.4 Å². The first-order chi connectivity index (χ1) is 18.8. The number of halogens is 2. The van der Waals surface area contributed by atoms with E-state index in [9.17, 15) is 18.8 Å². The zero-order chi connectivity index (χ0) is 27.5. The molecule has 0 atom stereocenters. The van der Waals surface area contributed by atoms with Crippen molar-refractivity contribution in [3.05, 3.63) is 130 Å². The van der Waals surface area contributed by atoms with Crippen LogP contribution in [0.4, 0.5) is 21.5 Å². The Kier molecular flexibility index (Phi) is 7.49. The van der Waals surface area contributed by atoms with E-state index in [1.54, 1.807) is 48.5 Å². The predicted molar refractivity (Wildman–Crippen MR) is 152 cm³/mol. The Hall–Kier alpha value is -4.40. The van der Waals surface area contributed by atoms with Crippen LogP contribution in [0.5, 0.6) is 0 Å². The van der Waals surface area contributed by atoms with Gasteiger partial charge in [0.15, 0.2) is 0 Å². The number of imide groups is 1. The number of nitrogens with zero attached hydrogens (tertiary/aromatic N) is 1. The largest absolute Gasteiger partial charge is 0.350 e. The standard InChI is InChI=1S/C30H21ClFN3O3S/c1-18-2-10-22(11-3-18)33-26-27(30(38)35(29(26)37)24-14-8-21(32)9-15-24)39-25-16-12-23(13-17-25)34-28(36)19-4-6-20(31)7-5-19/h2-17,33H,1H3,(H,34,36). The number of aryl methyl sites for hydroxylation is 1. The molecule has 0 aromatic heterocycles. The van der Waals surface area contributed by atoms with Crippen LogP contribution in [0.25, 0.3) is 0 Å². The Morgan fingerprint density at radius 1 is 0.795 bits per heavy atom. The van der Waals surface area contributed by atoms with Crippen LogP contribution in [-0.2, 0) is 9.59 Å². The van der Waals surface area contributed by atoms with Gasteiger partial charge in [-0.1, -0.05) is 41.1 Å². The van der Waals surface area contributed by atoms with Crippen molar-refractivity contribution in [1.82, 2.24) is 0 Å². The Bertz CT molecular complexity index is 1590. The molecule has 0 bridgehead atoms. The fourth-order valence-corrected chi connectivity index (χ4v) is 4.90. The van der Waals surface area contributed by atoms with Crippen molar-refractivity contribution in [2.24, 2.45) is 0 Å². The summed E-state index contributed by atoms with van der Waals surface area (Å²) in [6.45, 7) is 1.95. The highest BCUT2D eigenvalue weighted by molar-refractivity contribution is 8.04. The zero-order valence-corrected chi connectivity index (χ0v) is 22.1. The number of anilines is 3. The van der Waals surface area contributed by atoms with Gasteiger partial charge in [0.25, 0.3) is 17.7 Å². The van der Waals surface area contributed by atoms with Gasteiger partial charge >= 0.3 is 0 Å². The molecule has 0 aliphatic carbocycles. The summed E-state index contributed by atoms with van der Waals surface area (Å²) in [6.07, 6.45) is 0. The van der Waals surface area contributed by atoms with Gasteiger partial charge in [0.1, 0.15) is 16.4 Å². The van der Waals surface area contributed by atoms with Crippen molar-refractivity contribution in [3.8, 4) is 0 Å². The second-order valence-corrected chi connectivity index (χ2v) is 10.2. The van der Waals surface area contributed by atoms with Crippen LogP contribution in [-0.4, -0.2) is 17.7 Å². The highest BCUT2D eigenvalue weighted by atomic mass is 35.5. The van der Waals surface area contributed by atoms with Crippen molar-refractivity contribution < 1.29 is 18.8 Å². The molecule has 194 valence electrons. The molecular weight excluding hydrogens is 537 g/mol. The summed E-state index contributed by atoms with van der Waals surface area (Å²) in [4.78, 5) is 41.3. The Balaban J connectivity index is 1.40. The number of hydrogen-bond acceptors (Lipinski definition) is 5. The molecule has 1 aliphatic heterocycles. The van der Waals surface area contributed by atoms with Crippen LogP contribution in [0.15, 0.2) is 113 Å². The minimum absolute atomic E-state index is 0.123. The van der Waals surface area contributed by atoms with Crippen LogP contribution in [0.2, 0.25) is 5.02 Å². The van der Waals surface area contributed by atoms with Gasteiger partial charge in [-0.2, -0.15) is 0 Å². The van der Waals surface area contributed by atoms with Crippen LogP contribution < -0.4 is 15.5 Å². The molecule has 0 saturated heterocycles. The van der Waals surface area contributed by atoms with E-state index >= 15 is 0 Å². The SMILES string of the molecule is Cc1ccc(NC2=C(Sc3ccc(NC(=O)c4ccc(Cl)cc4)cc3)C(=O)N(c3ccc(F)cc3)C2=O)cc1. The molecule has 2 N–H and O–H groups in total. The molecule has 1 heterocycles. The number of hydrogen-bond donors (Lipinski definition) is 2. The summed E-state index contributed by atoms with van der Waals surface area (Å²) in [7, 11) is 0. The van der Waals surface area contributed by atoms with Crippen LogP contribution in [0, 0.1) is 12.7 Å². The summed E-state index contributed by atoms with van der Waals surface area (Å²) in [5, 5.41) is 6.45. The third-order valence-electron chi connectivity index (χ3n) is 5.89. The lowest BCUT2D eigenvalue weighted by molar-refractivity contribution is -0.120. The molecule has 0 radical (unpaired) electrons. The Morgan fingerprint density at radius 2 is 1.41 bits per heavy atom. The molecule has 6 nitrogen and oxygen atoms in total. The first-order valence-electron chi connectivity index (χ1n) is 11.9. The molecule has 4 aromatic rings. The predicted octanol–water partition coefficient (Wildman–Crippen LogP) is 7.03. The molecule has 0 fully saturated rings. The monoisotopic (exact) mass is 557 g/mol. The number of carbonyl (C=O) groups excluding carboxylic acids is 3. The highest BCUT2D eigenvalue weighted by Crippen LogP contribution is 2.38. The summed E-state index contributed by atoms with van der Waals surface area (Å²) < 4.78 is 13.5. The summed E-state index contributed by atoms with van der Waals surface area (Å²) >= 11 is 7.01. The smallest absolute Gasteiger partial charge is 0.283 e. The molecule has 0 saturated carbocycles. The number of carbonyl (C=O) groups is 3. The molecule has 5 rings (SSSR count). The minimum Gasteiger partial charge on any atom is -0.350 e. The van der Waals surface area contributed by atoms with Gasteiger partial charge in [-0.25, -0.2) is 9.29 Å². The normalized spacial score (nSPS) is 13.2. The molecule has 9 heteroatoms. The van der Waals surface area contributed by atoms with Crippen LogP contribution in [0.3, 0.4) is 0 Å². The fraction of sp³-hybridized carbons (Fsp3) is 0.0333. The minimum atomic E-state index is -0.540. The van der Waals surface area contributed by atoms with Gasteiger partial charge in [-0.05, 0) is 91.9 Å². The lowest BCUT2D eigenvalue weighted by Crippen LogP contribution is -2.32. The topological polar surface area (TPSA) is 78.5 Å². The van der Waals surface area contributed by atoms with E-state index in [0.717, 1.165) is 22.2 Å². The number of amides is 3. The average Bonchev–Trinajstić information content (AvgIpc) is 3.15. The van der Waals surface area contributed by atoms with Crippen molar-refractivity contribution in [2.45, 2.75) is 11.8 Å². The molecule has 0 unspecified atom stereocenters. The molecule has 4 aromatic carbocycles. The molecule has 39 heavy (non-hydrogen) atoms. The quantitative estimate of drug-likeness (QED) is 0.239. The van der Waals surface area contributed by atoms with Gasteiger partial charge in [0.2, 0.25) is 0 Å². The van der Waals surface area contributed by atoms with E-state index < -0.39 is 17.6 Å². The first kappa shape index (κ1) is 26.2. The number of rotatable bonds is 7. The maximum absolute atomic E-state index is 13.5. The third kappa shape index (κ3) is 5.87. The van der Waals surface area contributed by atoms with Gasteiger partial charge in [0, 0.05) is 26.9 Å². The van der Waals surface area contributed by atoms with E-state index in [2.05, 4.69) is 10.6 Å².